The lowest BCUT2D eigenvalue weighted by molar-refractivity contribution is 0.821. The first-order valence-corrected chi connectivity index (χ1v) is 4.62. The Balaban J connectivity index is 2.37. The van der Waals surface area contributed by atoms with E-state index in [1.165, 1.54) is 0 Å². The zero-order chi connectivity index (χ0) is 8.81. The van der Waals surface area contributed by atoms with E-state index in [1.54, 1.807) is 6.20 Å². The summed E-state index contributed by atoms with van der Waals surface area (Å²) in [5, 5.41) is 6.23. The molecule has 0 saturated heterocycles. The van der Waals surface area contributed by atoms with Gasteiger partial charge < -0.3 is 10.6 Å². The van der Waals surface area contributed by atoms with Crippen molar-refractivity contribution >= 4 is 21.7 Å². The van der Waals surface area contributed by atoms with Crippen molar-refractivity contribution in [2.45, 2.75) is 0 Å². The van der Waals surface area contributed by atoms with Crippen LogP contribution >= 0.6 is 15.9 Å². The average Bonchev–Trinajstić information content (AvgIpc) is 2.09. The molecule has 1 aromatic heterocycles. The SMILES string of the molecule is CNCCNc1ccc(Br)cn1. The van der Waals surface area contributed by atoms with Gasteiger partial charge in [0.2, 0.25) is 0 Å². The van der Waals surface area contributed by atoms with E-state index in [2.05, 4.69) is 31.5 Å². The maximum atomic E-state index is 4.16. The second-order valence-corrected chi connectivity index (χ2v) is 3.31. The fourth-order valence-electron chi connectivity index (χ4n) is 0.796. The number of anilines is 1. The summed E-state index contributed by atoms with van der Waals surface area (Å²) in [5.41, 5.74) is 0. The number of hydrogen-bond donors (Lipinski definition) is 2. The van der Waals surface area contributed by atoms with Gasteiger partial charge in [-0.1, -0.05) is 0 Å². The third-order valence-electron chi connectivity index (χ3n) is 1.41. The van der Waals surface area contributed by atoms with Crippen molar-refractivity contribution in [1.29, 1.82) is 0 Å². The number of hydrogen-bond acceptors (Lipinski definition) is 3. The van der Waals surface area contributed by atoms with Crippen LogP contribution in [0.4, 0.5) is 5.82 Å². The Kier molecular flexibility index (Phi) is 4.04. The molecular formula is C8H12BrN3. The lowest BCUT2D eigenvalue weighted by Gasteiger charge is -2.03. The van der Waals surface area contributed by atoms with E-state index in [1.807, 2.05) is 19.2 Å². The highest BCUT2D eigenvalue weighted by Crippen LogP contribution is 2.09. The van der Waals surface area contributed by atoms with E-state index >= 15 is 0 Å². The van der Waals surface area contributed by atoms with Crippen molar-refractivity contribution in [3.63, 3.8) is 0 Å². The first-order chi connectivity index (χ1) is 5.83. The summed E-state index contributed by atoms with van der Waals surface area (Å²) in [6, 6.07) is 3.91. The summed E-state index contributed by atoms with van der Waals surface area (Å²) in [7, 11) is 1.93. The first kappa shape index (κ1) is 9.48. The summed E-state index contributed by atoms with van der Waals surface area (Å²) in [4.78, 5) is 4.16. The molecule has 0 saturated carbocycles. The van der Waals surface area contributed by atoms with Gasteiger partial charge in [0.15, 0.2) is 0 Å². The molecule has 2 N–H and O–H groups in total. The fourth-order valence-corrected chi connectivity index (χ4v) is 1.03. The number of nitrogens with one attached hydrogen (secondary N) is 2. The smallest absolute Gasteiger partial charge is 0.126 e. The second kappa shape index (κ2) is 5.11. The van der Waals surface area contributed by atoms with Gasteiger partial charge in [0.1, 0.15) is 5.82 Å². The summed E-state index contributed by atoms with van der Waals surface area (Å²) in [6.07, 6.45) is 1.78. The number of rotatable bonds is 4. The van der Waals surface area contributed by atoms with Crippen LogP contribution in [-0.4, -0.2) is 25.1 Å². The summed E-state index contributed by atoms with van der Waals surface area (Å²) >= 11 is 3.32. The Bertz CT molecular complexity index is 222. The summed E-state index contributed by atoms with van der Waals surface area (Å²) in [5.74, 6) is 0.911. The zero-order valence-electron chi connectivity index (χ0n) is 6.97. The second-order valence-electron chi connectivity index (χ2n) is 2.39. The van der Waals surface area contributed by atoms with E-state index in [0.29, 0.717) is 0 Å². The van der Waals surface area contributed by atoms with Crippen LogP contribution in [0.25, 0.3) is 0 Å². The Morgan fingerprint density at radius 3 is 2.83 bits per heavy atom. The van der Waals surface area contributed by atoms with Crippen molar-refractivity contribution in [3.05, 3.63) is 22.8 Å². The molecule has 0 aromatic carbocycles. The molecule has 0 fully saturated rings. The highest BCUT2D eigenvalue weighted by molar-refractivity contribution is 9.10. The third-order valence-corrected chi connectivity index (χ3v) is 1.88. The maximum absolute atomic E-state index is 4.16. The Hall–Kier alpha value is -0.610. The van der Waals surface area contributed by atoms with Gasteiger partial charge in [-0.2, -0.15) is 0 Å². The molecule has 66 valence electrons. The van der Waals surface area contributed by atoms with Gasteiger partial charge in [-0.25, -0.2) is 4.98 Å². The molecule has 0 unspecified atom stereocenters. The predicted molar refractivity (Wildman–Crippen MR) is 54.4 cm³/mol. The molecule has 1 aromatic rings. The molecule has 3 nitrogen and oxygen atoms in total. The van der Waals surface area contributed by atoms with Gasteiger partial charge >= 0.3 is 0 Å². The molecule has 0 amide bonds. The molecule has 1 rings (SSSR count). The van der Waals surface area contributed by atoms with Crippen LogP contribution in [0.3, 0.4) is 0 Å². The predicted octanol–water partition coefficient (Wildman–Crippen LogP) is 1.48. The molecule has 4 heteroatoms. The lowest BCUT2D eigenvalue weighted by Crippen LogP contribution is -2.18. The number of likely N-dealkylation sites (N-methyl/N-ethyl adjacent to an activating group) is 1. The van der Waals surface area contributed by atoms with E-state index in [4.69, 9.17) is 0 Å². The number of pyridine rings is 1. The monoisotopic (exact) mass is 229 g/mol. The van der Waals surface area contributed by atoms with Crippen LogP contribution < -0.4 is 10.6 Å². The van der Waals surface area contributed by atoms with Crippen LogP contribution in [0.5, 0.6) is 0 Å². The first-order valence-electron chi connectivity index (χ1n) is 3.83. The van der Waals surface area contributed by atoms with E-state index in [9.17, 15) is 0 Å². The van der Waals surface area contributed by atoms with E-state index in [-0.39, 0.29) is 0 Å². The summed E-state index contributed by atoms with van der Waals surface area (Å²) in [6.45, 7) is 1.84. The molecule has 12 heavy (non-hydrogen) atoms. The van der Waals surface area contributed by atoms with E-state index in [0.717, 1.165) is 23.4 Å². The molecule has 1 heterocycles. The fraction of sp³-hybridized carbons (Fsp3) is 0.375. The Labute approximate surface area is 80.7 Å². The average molecular weight is 230 g/mol. The van der Waals surface area contributed by atoms with Gasteiger partial charge in [-0.3, -0.25) is 0 Å². The maximum Gasteiger partial charge on any atom is 0.126 e. The molecule has 0 aliphatic carbocycles. The van der Waals surface area contributed by atoms with Crippen molar-refractivity contribution in [3.8, 4) is 0 Å². The van der Waals surface area contributed by atoms with Crippen molar-refractivity contribution in [2.75, 3.05) is 25.5 Å². The lowest BCUT2D eigenvalue weighted by atomic mass is 10.4. The third kappa shape index (κ3) is 3.19. The van der Waals surface area contributed by atoms with Crippen LogP contribution in [-0.2, 0) is 0 Å². The van der Waals surface area contributed by atoms with Crippen molar-refractivity contribution in [2.24, 2.45) is 0 Å². The van der Waals surface area contributed by atoms with Gasteiger partial charge in [-0.05, 0) is 35.1 Å². The largest absolute Gasteiger partial charge is 0.369 e. The van der Waals surface area contributed by atoms with E-state index < -0.39 is 0 Å². The molecule has 0 aliphatic rings. The van der Waals surface area contributed by atoms with Gasteiger partial charge in [0.05, 0.1) is 0 Å². The van der Waals surface area contributed by atoms with Gasteiger partial charge in [-0.15, -0.1) is 0 Å². The van der Waals surface area contributed by atoms with Gasteiger partial charge in [0, 0.05) is 23.8 Å². The number of nitrogens with zero attached hydrogens (tertiary/aromatic N) is 1. The topological polar surface area (TPSA) is 37.0 Å². The zero-order valence-corrected chi connectivity index (χ0v) is 8.56. The van der Waals surface area contributed by atoms with Crippen LogP contribution in [0.15, 0.2) is 22.8 Å². The van der Waals surface area contributed by atoms with Gasteiger partial charge in [0.25, 0.3) is 0 Å². The summed E-state index contributed by atoms with van der Waals surface area (Å²) < 4.78 is 1.00. The quantitative estimate of drug-likeness (QED) is 0.769. The van der Waals surface area contributed by atoms with Crippen molar-refractivity contribution < 1.29 is 0 Å². The Morgan fingerprint density at radius 1 is 1.42 bits per heavy atom. The normalized spacial score (nSPS) is 9.83. The minimum absolute atomic E-state index is 0.894. The van der Waals surface area contributed by atoms with Crippen LogP contribution in [0, 0.1) is 0 Å². The molecule has 0 aliphatic heterocycles. The molecule has 0 atom stereocenters. The molecule has 0 radical (unpaired) electrons. The number of halogens is 1. The minimum Gasteiger partial charge on any atom is -0.369 e. The molecular weight excluding hydrogens is 218 g/mol. The standard InChI is InChI=1S/C8H12BrN3/c1-10-4-5-11-8-3-2-7(9)6-12-8/h2-3,6,10H,4-5H2,1H3,(H,11,12). The van der Waals surface area contributed by atoms with Crippen LogP contribution in [0.1, 0.15) is 0 Å². The number of aromatic nitrogens is 1. The molecule has 0 bridgehead atoms. The molecule has 0 spiro atoms. The highest BCUT2D eigenvalue weighted by Gasteiger charge is 1.91. The highest BCUT2D eigenvalue weighted by atomic mass is 79.9. The minimum atomic E-state index is 0.894. The van der Waals surface area contributed by atoms with Crippen molar-refractivity contribution in [1.82, 2.24) is 10.3 Å². The Morgan fingerprint density at radius 2 is 2.25 bits per heavy atom. The van der Waals surface area contributed by atoms with Crippen LogP contribution in [0.2, 0.25) is 0 Å².